The molecule has 1 aliphatic heterocycles. The van der Waals surface area contributed by atoms with Gasteiger partial charge < -0.3 is 14.4 Å². The van der Waals surface area contributed by atoms with Crippen LogP contribution in [0, 0.1) is 5.41 Å². The van der Waals surface area contributed by atoms with E-state index in [4.69, 9.17) is 9.31 Å². The highest BCUT2D eigenvalue weighted by Crippen LogP contribution is 2.50. The first-order valence-electron chi connectivity index (χ1n) is 8.92. The van der Waals surface area contributed by atoms with Crippen molar-refractivity contribution < 1.29 is 14.4 Å². The SMILES string of the molecule is CC1(C)OB(c2ccc(O)c3c2CC2(CCCC2)C3)OC1(C)C. The van der Waals surface area contributed by atoms with Gasteiger partial charge in [-0.2, -0.15) is 0 Å². The minimum atomic E-state index is -0.328. The molecule has 0 radical (unpaired) electrons. The third-order valence-corrected chi connectivity index (χ3v) is 6.72. The van der Waals surface area contributed by atoms with Crippen molar-refractivity contribution >= 4 is 12.6 Å². The largest absolute Gasteiger partial charge is 0.508 e. The van der Waals surface area contributed by atoms with E-state index in [0.717, 1.165) is 23.9 Å². The van der Waals surface area contributed by atoms with Gasteiger partial charge in [0.25, 0.3) is 0 Å². The molecule has 0 atom stereocenters. The van der Waals surface area contributed by atoms with Crippen molar-refractivity contribution in [1.82, 2.24) is 0 Å². The quantitative estimate of drug-likeness (QED) is 0.808. The molecule has 1 aromatic rings. The van der Waals surface area contributed by atoms with Crippen molar-refractivity contribution in [2.75, 3.05) is 0 Å². The van der Waals surface area contributed by atoms with Crippen molar-refractivity contribution in [2.24, 2.45) is 5.41 Å². The summed E-state index contributed by atoms with van der Waals surface area (Å²) < 4.78 is 12.5. The van der Waals surface area contributed by atoms with Crippen LogP contribution in [0.5, 0.6) is 5.75 Å². The number of hydrogen-bond acceptors (Lipinski definition) is 3. The van der Waals surface area contributed by atoms with Crippen molar-refractivity contribution in [3.05, 3.63) is 23.3 Å². The van der Waals surface area contributed by atoms with Crippen LogP contribution in [0.4, 0.5) is 0 Å². The molecule has 124 valence electrons. The molecule has 23 heavy (non-hydrogen) atoms. The lowest BCUT2D eigenvalue weighted by Gasteiger charge is -2.32. The lowest BCUT2D eigenvalue weighted by atomic mass is 9.74. The first-order chi connectivity index (χ1) is 10.7. The van der Waals surface area contributed by atoms with Crippen molar-refractivity contribution in [3.63, 3.8) is 0 Å². The summed E-state index contributed by atoms with van der Waals surface area (Å²) in [6, 6.07) is 3.83. The second-order valence-corrected chi connectivity index (χ2v) is 8.78. The van der Waals surface area contributed by atoms with Crippen LogP contribution in [-0.4, -0.2) is 23.4 Å². The van der Waals surface area contributed by atoms with Gasteiger partial charge in [0.05, 0.1) is 11.2 Å². The van der Waals surface area contributed by atoms with Gasteiger partial charge in [-0.3, -0.25) is 0 Å². The number of aromatic hydroxyl groups is 1. The normalized spacial score (nSPS) is 26.9. The summed E-state index contributed by atoms with van der Waals surface area (Å²) in [5, 5.41) is 10.4. The second-order valence-electron chi connectivity index (χ2n) is 8.78. The standard InChI is InChI=1S/C19H27BO3/c1-17(2)18(3,4)23-20(22-17)15-7-8-16(21)14-12-19(11-13(14)15)9-5-6-10-19/h7-8,21H,5-6,9-12H2,1-4H3. The maximum Gasteiger partial charge on any atom is 0.495 e. The van der Waals surface area contributed by atoms with Gasteiger partial charge in [0.15, 0.2) is 0 Å². The molecule has 1 N–H and O–H groups in total. The van der Waals surface area contributed by atoms with E-state index < -0.39 is 0 Å². The highest BCUT2D eigenvalue weighted by Gasteiger charge is 2.53. The van der Waals surface area contributed by atoms with Crippen LogP contribution in [0.25, 0.3) is 0 Å². The molecule has 0 bridgehead atoms. The van der Waals surface area contributed by atoms with Gasteiger partial charge in [0.2, 0.25) is 0 Å². The smallest absolute Gasteiger partial charge is 0.495 e. The first kappa shape index (κ1) is 15.5. The zero-order chi connectivity index (χ0) is 16.5. The number of benzene rings is 1. The Kier molecular flexibility index (Phi) is 3.22. The fraction of sp³-hybridized carbons (Fsp3) is 0.684. The lowest BCUT2D eigenvalue weighted by Crippen LogP contribution is -2.41. The van der Waals surface area contributed by atoms with E-state index in [-0.39, 0.29) is 18.3 Å². The fourth-order valence-electron chi connectivity index (χ4n) is 4.59. The van der Waals surface area contributed by atoms with E-state index in [1.807, 2.05) is 12.1 Å². The summed E-state index contributed by atoms with van der Waals surface area (Å²) in [6.07, 6.45) is 7.28. The number of rotatable bonds is 1. The molecule has 0 unspecified atom stereocenters. The highest BCUT2D eigenvalue weighted by molar-refractivity contribution is 6.62. The molecule has 1 heterocycles. The first-order valence-corrected chi connectivity index (χ1v) is 8.92. The average molecular weight is 314 g/mol. The van der Waals surface area contributed by atoms with E-state index in [9.17, 15) is 5.11 Å². The lowest BCUT2D eigenvalue weighted by molar-refractivity contribution is 0.00578. The van der Waals surface area contributed by atoms with Gasteiger partial charge >= 0.3 is 7.12 Å². The van der Waals surface area contributed by atoms with Crippen LogP contribution in [-0.2, 0) is 22.2 Å². The molecule has 3 nitrogen and oxygen atoms in total. The Morgan fingerprint density at radius 1 is 0.913 bits per heavy atom. The molecular weight excluding hydrogens is 287 g/mol. The molecule has 2 fully saturated rings. The van der Waals surface area contributed by atoms with Crippen LogP contribution < -0.4 is 5.46 Å². The summed E-state index contributed by atoms with van der Waals surface area (Å²) >= 11 is 0. The van der Waals surface area contributed by atoms with Crippen LogP contribution in [0.1, 0.15) is 64.5 Å². The van der Waals surface area contributed by atoms with E-state index >= 15 is 0 Å². The summed E-state index contributed by atoms with van der Waals surface area (Å²) in [5.74, 6) is 0.448. The molecule has 4 rings (SSSR count). The van der Waals surface area contributed by atoms with Crippen molar-refractivity contribution in [1.29, 1.82) is 0 Å². The molecule has 1 saturated heterocycles. The zero-order valence-corrected chi connectivity index (χ0v) is 14.7. The Balaban J connectivity index is 1.72. The van der Waals surface area contributed by atoms with Gasteiger partial charge in [0.1, 0.15) is 5.75 Å². The molecule has 4 heteroatoms. The minimum absolute atomic E-state index is 0.327. The monoisotopic (exact) mass is 314 g/mol. The molecule has 0 aromatic heterocycles. The zero-order valence-electron chi connectivity index (χ0n) is 14.7. The average Bonchev–Trinajstić information content (AvgIpc) is 3.10. The number of phenolic OH excluding ortho intramolecular Hbond substituents is 1. The Bertz CT molecular complexity index is 628. The van der Waals surface area contributed by atoms with Crippen molar-refractivity contribution in [2.45, 2.75) is 77.4 Å². The maximum atomic E-state index is 10.4. The fourth-order valence-corrected chi connectivity index (χ4v) is 4.59. The summed E-state index contributed by atoms with van der Waals surface area (Å²) in [4.78, 5) is 0. The molecule has 1 aromatic carbocycles. The van der Waals surface area contributed by atoms with E-state index in [1.165, 1.54) is 31.2 Å². The van der Waals surface area contributed by atoms with Gasteiger partial charge in [-0.25, -0.2) is 0 Å². The Hall–Kier alpha value is -0.995. The van der Waals surface area contributed by atoms with Gasteiger partial charge in [-0.15, -0.1) is 0 Å². The predicted octanol–water partition coefficient (Wildman–Crippen LogP) is 3.35. The highest BCUT2D eigenvalue weighted by atomic mass is 16.7. The molecule has 1 saturated carbocycles. The topological polar surface area (TPSA) is 38.7 Å². The minimum Gasteiger partial charge on any atom is -0.508 e. The summed E-state index contributed by atoms with van der Waals surface area (Å²) in [5.41, 5.74) is 3.27. The van der Waals surface area contributed by atoms with Crippen LogP contribution >= 0.6 is 0 Å². The maximum absolute atomic E-state index is 10.4. The number of fused-ring (bicyclic) bond motifs is 1. The van der Waals surface area contributed by atoms with E-state index in [2.05, 4.69) is 27.7 Å². The van der Waals surface area contributed by atoms with E-state index in [0.29, 0.717) is 11.2 Å². The van der Waals surface area contributed by atoms with Gasteiger partial charge in [-0.1, -0.05) is 18.9 Å². The Morgan fingerprint density at radius 2 is 1.48 bits per heavy atom. The Morgan fingerprint density at radius 3 is 2.09 bits per heavy atom. The third kappa shape index (κ3) is 2.25. The van der Waals surface area contributed by atoms with Gasteiger partial charge in [0, 0.05) is 0 Å². The van der Waals surface area contributed by atoms with Crippen LogP contribution in [0.3, 0.4) is 0 Å². The predicted molar refractivity (Wildman–Crippen MR) is 92.1 cm³/mol. The molecule has 3 aliphatic rings. The number of phenols is 1. The van der Waals surface area contributed by atoms with Crippen LogP contribution in [0.15, 0.2) is 12.1 Å². The summed E-state index contributed by atoms with van der Waals surface area (Å²) in [6.45, 7) is 8.36. The van der Waals surface area contributed by atoms with Crippen LogP contribution in [0.2, 0.25) is 0 Å². The van der Waals surface area contributed by atoms with E-state index in [1.54, 1.807) is 0 Å². The molecular formula is C19H27BO3. The van der Waals surface area contributed by atoms with Crippen molar-refractivity contribution in [3.8, 4) is 5.75 Å². The Labute approximate surface area is 139 Å². The van der Waals surface area contributed by atoms with Gasteiger partial charge in [-0.05, 0) is 81.4 Å². The summed E-state index contributed by atoms with van der Waals surface area (Å²) in [7, 11) is -0.328. The molecule has 0 amide bonds. The molecule has 1 spiro atoms. The third-order valence-electron chi connectivity index (χ3n) is 6.72. The molecule has 2 aliphatic carbocycles. The second kappa shape index (κ2) is 4.76. The number of hydrogen-bond donors (Lipinski definition) is 1.